The molecular weight excluding hydrogens is 174 g/mol. The van der Waals surface area contributed by atoms with E-state index >= 15 is 0 Å². The highest BCUT2D eigenvalue weighted by atomic mass is 32.1. The smallest absolute Gasteiger partial charge is 0.305 e. The fourth-order valence-electron chi connectivity index (χ4n) is 1.01. The first-order valence-corrected chi connectivity index (χ1v) is 4.50. The molecule has 1 atom stereocenters. The molecule has 66 valence electrons. The molecule has 0 spiro atoms. The lowest BCUT2D eigenvalue weighted by Crippen LogP contribution is -2.35. The Bertz CT molecular complexity index is 267. The maximum absolute atomic E-state index is 10.4. The van der Waals surface area contributed by atoms with Gasteiger partial charge < -0.3 is 10.8 Å². The van der Waals surface area contributed by atoms with Crippen molar-refractivity contribution in [3.63, 3.8) is 0 Å². The zero-order chi connectivity index (χ0) is 9.19. The minimum Gasteiger partial charge on any atom is -0.481 e. The van der Waals surface area contributed by atoms with Gasteiger partial charge in [-0.15, -0.1) is 0 Å². The molecule has 3 nitrogen and oxygen atoms in total. The summed E-state index contributed by atoms with van der Waals surface area (Å²) >= 11 is 1.52. The van der Waals surface area contributed by atoms with Crippen LogP contribution in [0.4, 0.5) is 0 Å². The van der Waals surface area contributed by atoms with Crippen molar-refractivity contribution in [1.82, 2.24) is 0 Å². The van der Waals surface area contributed by atoms with Gasteiger partial charge in [0.25, 0.3) is 0 Å². The maximum atomic E-state index is 10.4. The van der Waals surface area contributed by atoms with Crippen molar-refractivity contribution >= 4 is 17.3 Å². The predicted molar refractivity (Wildman–Crippen MR) is 48.1 cm³/mol. The Kier molecular flexibility index (Phi) is 2.49. The fraction of sp³-hybridized carbons (Fsp3) is 0.375. The van der Waals surface area contributed by atoms with Gasteiger partial charge in [0.2, 0.25) is 0 Å². The van der Waals surface area contributed by atoms with Gasteiger partial charge in [0.1, 0.15) is 0 Å². The van der Waals surface area contributed by atoms with Gasteiger partial charge >= 0.3 is 5.97 Å². The zero-order valence-electron chi connectivity index (χ0n) is 6.78. The molecule has 0 bridgehead atoms. The van der Waals surface area contributed by atoms with Crippen LogP contribution in [-0.2, 0) is 10.3 Å². The summed E-state index contributed by atoms with van der Waals surface area (Å²) < 4.78 is 0. The molecular formula is C8H11NO2S. The van der Waals surface area contributed by atoms with E-state index in [4.69, 9.17) is 10.8 Å². The van der Waals surface area contributed by atoms with Gasteiger partial charge in [-0.1, -0.05) is 0 Å². The number of carboxylic acid groups (broad SMARTS) is 1. The van der Waals surface area contributed by atoms with Crippen LogP contribution in [0.1, 0.15) is 18.9 Å². The summed E-state index contributed by atoms with van der Waals surface area (Å²) in [4.78, 5) is 10.4. The summed E-state index contributed by atoms with van der Waals surface area (Å²) in [6, 6.07) is 1.85. The first-order chi connectivity index (χ1) is 5.52. The van der Waals surface area contributed by atoms with Crippen LogP contribution in [-0.4, -0.2) is 11.1 Å². The molecule has 0 saturated heterocycles. The van der Waals surface area contributed by atoms with Crippen LogP contribution in [0.25, 0.3) is 0 Å². The zero-order valence-corrected chi connectivity index (χ0v) is 7.60. The van der Waals surface area contributed by atoms with E-state index in [-0.39, 0.29) is 6.42 Å². The topological polar surface area (TPSA) is 63.3 Å². The summed E-state index contributed by atoms with van der Waals surface area (Å²) in [6.07, 6.45) is -0.0380. The molecule has 3 N–H and O–H groups in total. The number of thiophene rings is 1. The van der Waals surface area contributed by atoms with E-state index in [0.29, 0.717) is 0 Å². The molecule has 0 aromatic carbocycles. The van der Waals surface area contributed by atoms with Crippen molar-refractivity contribution in [3.05, 3.63) is 22.4 Å². The molecule has 1 rings (SSSR count). The number of rotatable bonds is 3. The molecule has 1 aromatic rings. The molecule has 0 aliphatic carbocycles. The monoisotopic (exact) mass is 185 g/mol. The quantitative estimate of drug-likeness (QED) is 0.748. The van der Waals surface area contributed by atoms with Gasteiger partial charge in [-0.3, -0.25) is 4.79 Å². The Labute approximate surface area is 74.8 Å². The van der Waals surface area contributed by atoms with E-state index in [9.17, 15) is 4.79 Å². The van der Waals surface area contributed by atoms with E-state index in [1.54, 1.807) is 6.92 Å². The number of carboxylic acids is 1. The van der Waals surface area contributed by atoms with E-state index in [0.717, 1.165) is 5.56 Å². The molecule has 0 fully saturated rings. The Balaban J connectivity index is 2.79. The van der Waals surface area contributed by atoms with Gasteiger partial charge in [0.05, 0.1) is 6.42 Å². The van der Waals surface area contributed by atoms with Gasteiger partial charge in [-0.25, -0.2) is 0 Å². The van der Waals surface area contributed by atoms with Crippen LogP contribution in [0, 0.1) is 0 Å². The standard InChI is InChI=1S/C8H11NO2S/c1-8(9,4-7(10)11)6-2-3-12-5-6/h2-3,5H,4,9H2,1H3,(H,10,11)/t8-/m0/s1. The second-order valence-electron chi connectivity index (χ2n) is 3.00. The van der Waals surface area contributed by atoms with Gasteiger partial charge in [0, 0.05) is 5.54 Å². The third-order valence-corrected chi connectivity index (χ3v) is 2.38. The third kappa shape index (κ3) is 2.06. The summed E-state index contributed by atoms with van der Waals surface area (Å²) in [5.74, 6) is -0.869. The van der Waals surface area contributed by atoms with E-state index in [1.165, 1.54) is 11.3 Å². The predicted octanol–water partition coefficient (Wildman–Crippen LogP) is 1.40. The van der Waals surface area contributed by atoms with Crippen LogP contribution in [0.3, 0.4) is 0 Å². The van der Waals surface area contributed by atoms with Gasteiger partial charge in [-0.05, 0) is 29.3 Å². The molecule has 0 radical (unpaired) electrons. The third-order valence-electron chi connectivity index (χ3n) is 1.70. The molecule has 1 heterocycles. The van der Waals surface area contributed by atoms with Crippen LogP contribution >= 0.6 is 11.3 Å². The number of hydrogen-bond acceptors (Lipinski definition) is 3. The highest BCUT2D eigenvalue weighted by molar-refractivity contribution is 7.08. The SMILES string of the molecule is C[C@](N)(CC(=O)O)c1ccsc1. The fourth-order valence-corrected chi connectivity index (χ4v) is 1.80. The summed E-state index contributed by atoms with van der Waals surface area (Å²) in [5.41, 5.74) is 5.95. The van der Waals surface area contributed by atoms with E-state index in [1.807, 2.05) is 16.8 Å². The van der Waals surface area contributed by atoms with Crippen LogP contribution in [0.2, 0.25) is 0 Å². The summed E-state index contributed by atoms with van der Waals surface area (Å²) in [6.45, 7) is 1.73. The lowest BCUT2D eigenvalue weighted by molar-refractivity contribution is -0.138. The minimum atomic E-state index is -0.869. The second kappa shape index (κ2) is 3.25. The van der Waals surface area contributed by atoms with Crippen molar-refractivity contribution < 1.29 is 9.90 Å². The Morgan fingerprint density at radius 3 is 2.92 bits per heavy atom. The molecule has 4 heteroatoms. The summed E-state index contributed by atoms with van der Waals surface area (Å²) in [7, 11) is 0. The van der Waals surface area contributed by atoms with Crippen molar-refractivity contribution in [2.75, 3.05) is 0 Å². The average Bonchev–Trinajstić information content (AvgIpc) is 2.32. The molecule has 0 aliphatic heterocycles. The number of carbonyl (C=O) groups is 1. The van der Waals surface area contributed by atoms with Crippen molar-refractivity contribution in [1.29, 1.82) is 0 Å². The minimum absolute atomic E-state index is 0.0380. The number of aliphatic carboxylic acids is 1. The highest BCUT2D eigenvalue weighted by Crippen LogP contribution is 2.23. The summed E-state index contributed by atoms with van der Waals surface area (Å²) in [5, 5.41) is 12.3. The van der Waals surface area contributed by atoms with Gasteiger partial charge in [-0.2, -0.15) is 11.3 Å². The first-order valence-electron chi connectivity index (χ1n) is 3.56. The average molecular weight is 185 g/mol. The van der Waals surface area contributed by atoms with Crippen LogP contribution in [0.15, 0.2) is 16.8 Å². The van der Waals surface area contributed by atoms with Crippen molar-refractivity contribution in [2.45, 2.75) is 18.9 Å². The molecule has 0 amide bonds. The van der Waals surface area contributed by atoms with Crippen molar-refractivity contribution in [2.24, 2.45) is 5.73 Å². The molecule has 12 heavy (non-hydrogen) atoms. The first kappa shape index (κ1) is 9.22. The molecule has 0 saturated carbocycles. The second-order valence-corrected chi connectivity index (χ2v) is 3.78. The number of hydrogen-bond donors (Lipinski definition) is 2. The Hall–Kier alpha value is -0.870. The van der Waals surface area contributed by atoms with Crippen LogP contribution < -0.4 is 5.73 Å². The Morgan fingerprint density at radius 2 is 2.50 bits per heavy atom. The van der Waals surface area contributed by atoms with E-state index in [2.05, 4.69) is 0 Å². The molecule has 0 aliphatic rings. The largest absolute Gasteiger partial charge is 0.481 e. The lowest BCUT2D eigenvalue weighted by atomic mass is 9.92. The molecule has 0 unspecified atom stereocenters. The maximum Gasteiger partial charge on any atom is 0.305 e. The van der Waals surface area contributed by atoms with Gasteiger partial charge in [0.15, 0.2) is 0 Å². The van der Waals surface area contributed by atoms with E-state index < -0.39 is 11.5 Å². The normalized spacial score (nSPS) is 15.5. The number of nitrogens with two attached hydrogens (primary N) is 1. The van der Waals surface area contributed by atoms with Crippen LogP contribution in [0.5, 0.6) is 0 Å². The Morgan fingerprint density at radius 1 is 1.83 bits per heavy atom. The highest BCUT2D eigenvalue weighted by Gasteiger charge is 2.24. The lowest BCUT2D eigenvalue weighted by Gasteiger charge is -2.20. The van der Waals surface area contributed by atoms with Crippen molar-refractivity contribution in [3.8, 4) is 0 Å². The molecule has 1 aromatic heterocycles.